The topological polar surface area (TPSA) is 78.8 Å². The van der Waals surface area contributed by atoms with Crippen LogP contribution in [0, 0.1) is 0 Å². The molecule has 1 aromatic heterocycles. The number of hydrogen-bond acceptors (Lipinski definition) is 5. The zero-order valence-electron chi connectivity index (χ0n) is 10.3. The molecule has 0 radical (unpaired) electrons. The van der Waals surface area contributed by atoms with Crippen molar-refractivity contribution in [1.82, 2.24) is 4.57 Å². The largest absolute Gasteiger partial charge is 0.419 e. The summed E-state index contributed by atoms with van der Waals surface area (Å²) < 4.78 is 6.52. The third-order valence-electron chi connectivity index (χ3n) is 3.15. The molecule has 98 valence electrons. The average Bonchev–Trinajstić information content (AvgIpc) is 2.66. The zero-order valence-corrected chi connectivity index (χ0v) is 10.3. The Bertz CT molecular complexity index is 598. The van der Waals surface area contributed by atoms with Crippen molar-refractivity contribution in [2.45, 2.75) is 6.04 Å². The molecule has 0 aliphatic rings. The molecule has 0 bridgehead atoms. The third-order valence-corrected chi connectivity index (χ3v) is 3.15. The van der Waals surface area contributed by atoms with E-state index in [0.717, 1.165) is 5.69 Å². The predicted octanol–water partition coefficient (Wildman–Crippen LogP) is -0.0791. The number of nitrogens with zero attached hydrogens (tertiary/aromatic N) is 2. The summed E-state index contributed by atoms with van der Waals surface area (Å²) in [5, 5.41) is 18.3. The van der Waals surface area contributed by atoms with E-state index < -0.39 is 5.76 Å². The molecule has 1 heterocycles. The normalized spacial score (nSPS) is 11.4. The van der Waals surface area contributed by atoms with Crippen molar-refractivity contribution in [2.24, 2.45) is 7.05 Å². The molecule has 0 aliphatic carbocycles. The SMILES string of the molecule is CN(c1ccc2c(c1)oc(=O)n2C)C(CO)CO. The second kappa shape index (κ2) is 4.83. The molecule has 0 spiro atoms. The van der Waals surface area contributed by atoms with Gasteiger partial charge in [0.1, 0.15) is 0 Å². The lowest BCUT2D eigenvalue weighted by atomic mass is 10.2. The number of hydrogen-bond donors (Lipinski definition) is 2. The first-order chi connectivity index (χ1) is 8.58. The van der Waals surface area contributed by atoms with Gasteiger partial charge < -0.3 is 19.5 Å². The highest BCUT2D eigenvalue weighted by Crippen LogP contribution is 2.21. The number of oxazole rings is 1. The van der Waals surface area contributed by atoms with Crippen LogP contribution >= 0.6 is 0 Å². The van der Waals surface area contributed by atoms with Crippen molar-refractivity contribution >= 4 is 16.8 Å². The molecular weight excluding hydrogens is 236 g/mol. The van der Waals surface area contributed by atoms with Gasteiger partial charge in [0.2, 0.25) is 0 Å². The molecule has 0 saturated carbocycles. The fraction of sp³-hybridized carbons (Fsp3) is 0.417. The lowest BCUT2D eigenvalue weighted by Crippen LogP contribution is -2.37. The maximum absolute atomic E-state index is 11.4. The Balaban J connectivity index is 2.44. The molecule has 0 unspecified atom stereocenters. The summed E-state index contributed by atoms with van der Waals surface area (Å²) in [5.41, 5.74) is 1.97. The van der Waals surface area contributed by atoms with Crippen LogP contribution in [0.25, 0.3) is 11.1 Å². The highest BCUT2D eigenvalue weighted by atomic mass is 16.4. The maximum atomic E-state index is 11.4. The van der Waals surface area contributed by atoms with E-state index in [0.29, 0.717) is 11.1 Å². The van der Waals surface area contributed by atoms with E-state index in [4.69, 9.17) is 14.6 Å². The van der Waals surface area contributed by atoms with E-state index >= 15 is 0 Å². The summed E-state index contributed by atoms with van der Waals surface area (Å²) in [6.45, 7) is -0.298. The summed E-state index contributed by atoms with van der Waals surface area (Å²) in [4.78, 5) is 13.1. The number of benzene rings is 1. The average molecular weight is 252 g/mol. The second-order valence-corrected chi connectivity index (χ2v) is 4.21. The first kappa shape index (κ1) is 12.7. The Hall–Kier alpha value is -1.79. The quantitative estimate of drug-likeness (QED) is 0.795. The van der Waals surface area contributed by atoms with Crippen LogP contribution in [-0.2, 0) is 7.05 Å². The van der Waals surface area contributed by atoms with Gasteiger partial charge in [-0.2, -0.15) is 0 Å². The molecule has 2 N–H and O–H groups in total. The van der Waals surface area contributed by atoms with Gasteiger partial charge in [0, 0.05) is 25.8 Å². The van der Waals surface area contributed by atoms with Gasteiger partial charge in [0.25, 0.3) is 0 Å². The molecule has 0 aliphatic heterocycles. The smallest absolute Gasteiger partial charge is 0.408 e. The number of likely N-dealkylation sites (N-methyl/N-ethyl adjacent to an activating group) is 1. The van der Waals surface area contributed by atoms with Crippen molar-refractivity contribution < 1.29 is 14.6 Å². The Morgan fingerprint density at radius 3 is 2.67 bits per heavy atom. The Kier molecular flexibility index (Phi) is 3.40. The van der Waals surface area contributed by atoms with Gasteiger partial charge in [-0.05, 0) is 12.1 Å². The highest BCUT2D eigenvalue weighted by Gasteiger charge is 2.15. The second-order valence-electron chi connectivity index (χ2n) is 4.21. The number of aliphatic hydroxyl groups excluding tert-OH is 2. The molecule has 1 aromatic carbocycles. The number of rotatable bonds is 4. The van der Waals surface area contributed by atoms with Crippen LogP contribution < -0.4 is 10.7 Å². The van der Waals surface area contributed by atoms with Crippen molar-refractivity contribution in [3.8, 4) is 0 Å². The van der Waals surface area contributed by atoms with Crippen molar-refractivity contribution in [1.29, 1.82) is 0 Å². The van der Waals surface area contributed by atoms with E-state index in [9.17, 15) is 4.79 Å². The standard InChI is InChI=1S/C12H16N2O4/c1-13(9(6-15)7-16)8-3-4-10-11(5-8)18-12(17)14(10)2/h3-5,9,15-16H,6-7H2,1-2H3. The summed E-state index contributed by atoms with van der Waals surface area (Å²) in [7, 11) is 3.40. The van der Waals surface area contributed by atoms with Crippen LogP contribution in [0.3, 0.4) is 0 Å². The van der Waals surface area contributed by atoms with Crippen LogP contribution in [-0.4, -0.2) is 41.1 Å². The van der Waals surface area contributed by atoms with Crippen LogP contribution in [0.2, 0.25) is 0 Å². The van der Waals surface area contributed by atoms with Gasteiger partial charge in [0.05, 0.1) is 24.8 Å². The Morgan fingerprint density at radius 2 is 2.06 bits per heavy atom. The number of aliphatic hydroxyl groups is 2. The molecule has 0 atom stereocenters. The summed E-state index contributed by atoms with van der Waals surface area (Å²) in [6.07, 6.45) is 0. The van der Waals surface area contributed by atoms with Gasteiger partial charge in [-0.25, -0.2) is 4.79 Å². The molecule has 0 fully saturated rings. The first-order valence-corrected chi connectivity index (χ1v) is 5.62. The van der Waals surface area contributed by atoms with Crippen LogP contribution in [0.4, 0.5) is 5.69 Å². The number of fused-ring (bicyclic) bond motifs is 1. The molecule has 0 amide bonds. The third kappa shape index (κ3) is 2.00. The lowest BCUT2D eigenvalue weighted by molar-refractivity contribution is 0.191. The first-order valence-electron chi connectivity index (χ1n) is 5.62. The molecule has 2 rings (SSSR count). The van der Waals surface area contributed by atoms with Gasteiger partial charge in [-0.15, -0.1) is 0 Å². The zero-order chi connectivity index (χ0) is 13.3. The molecule has 6 nitrogen and oxygen atoms in total. The fourth-order valence-corrected chi connectivity index (χ4v) is 1.86. The van der Waals surface area contributed by atoms with E-state index in [-0.39, 0.29) is 19.3 Å². The van der Waals surface area contributed by atoms with E-state index in [2.05, 4.69) is 0 Å². The van der Waals surface area contributed by atoms with E-state index in [1.165, 1.54) is 4.57 Å². The van der Waals surface area contributed by atoms with Gasteiger partial charge in [0.15, 0.2) is 5.58 Å². The summed E-state index contributed by atoms with van der Waals surface area (Å²) in [6, 6.07) is 4.93. The Morgan fingerprint density at radius 1 is 1.39 bits per heavy atom. The monoisotopic (exact) mass is 252 g/mol. The Labute approximate surface area is 104 Å². The maximum Gasteiger partial charge on any atom is 0.419 e. The van der Waals surface area contributed by atoms with Crippen molar-refractivity contribution in [2.75, 3.05) is 25.2 Å². The minimum Gasteiger partial charge on any atom is -0.408 e. The van der Waals surface area contributed by atoms with Gasteiger partial charge in [-0.1, -0.05) is 0 Å². The molecule has 6 heteroatoms. The lowest BCUT2D eigenvalue weighted by Gasteiger charge is -2.26. The van der Waals surface area contributed by atoms with Crippen molar-refractivity contribution in [3.63, 3.8) is 0 Å². The fourth-order valence-electron chi connectivity index (χ4n) is 1.86. The number of aryl methyl sites for hydroxylation is 1. The van der Waals surface area contributed by atoms with E-state index in [1.807, 2.05) is 6.07 Å². The minimum absolute atomic E-state index is 0.149. The van der Waals surface area contributed by atoms with Crippen LogP contribution in [0.5, 0.6) is 0 Å². The van der Waals surface area contributed by atoms with Gasteiger partial charge >= 0.3 is 5.76 Å². The van der Waals surface area contributed by atoms with E-state index in [1.54, 1.807) is 31.1 Å². The van der Waals surface area contributed by atoms with Crippen molar-refractivity contribution in [3.05, 3.63) is 28.7 Å². The van der Waals surface area contributed by atoms with Crippen LogP contribution in [0.15, 0.2) is 27.4 Å². The predicted molar refractivity (Wildman–Crippen MR) is 67.8 cm³/mol. The van der Waals surface area contributed by atoms with Crippen LogP contribution in [0.1, 0.15) is 0 Å². The minimum atomic E-state index is -0.411. The number of aromatic nitrogens is 1. The summed E-state index contributed by atoms with van der Waals surface area (Å²) >= 11 is 0. The molecule has 0 saturated heterocycles. The molecule has 2 aromatic rings. The summed E-state index contributed by atoms with van der Waals surface area (Å²) in [5.74, 6) is -0.411. The number of anilines is 1. The highest BCUT2D eigenvalue weighted by molar-refractivity contribution is 5.77. The molecular formula is C12H16N2O4. The van der Waals surface area contributed by atoms with Gasteiger partial charge in [-0.3, -0.25) is 4.57 Å². The molecule has 18 heavy (non-hydrogen) atoms.